The molecule has 0 aliphatic carbocycles. The summed E-state index contributed by atoms with van der Waals surface area (Å²) in [5.41, 5.74) is 8.23. The van der Waals surface area contributed by atoms with E-state index in [-0.39, 0.29) is 5.92 Å². The number of methoxy groups -OCH3 is 1. The highest BCUT2D eigenvalue weighted by molar-refractivity contribution is 6.31. The van der Waals surface area contributed by atoms with Crippen molar-refractivity contribution in [2.24, 2.45) is 5.73 Å². The highest BCUT2D eigenvalue weighted by atomic mass is 35.5. The molecule has 24 heavy (non-hydrogen) atoms. The second-order valence-corrected chi connectivity index (χ2v) is 6.25. The van der Waals surface area contributed by atoms with Crippen LogP contribution in [0.25, 0.3) is 0 Å². The highest BCUT2D eigenvalue weighted by Crippen LogP contribution is 2.32. The molecule has 2 N–H and O–H groups in total. The van der Waals surface area contributed by atoms with Crippen molar-refractivity contribution >= 4 is 11.6 Å². The standard InChI is InChI=1S/C20H26ClNO2/c1-3-4-11-24-19-10-9-15(13-20(19)23-2)12-16(14-22)17-7-5-6-8-18(17)21/h5-10,13,16H,3-4,11-12,14,22H2,1-2H3. The second-order valence-electron chi connectivity index (χ2n) is 5.85. The molecule has 0 radical (unpaired) electrons. The fourth-order valence-corrected chi connectivity index (χ4v) is 2.99. The summed E-state index contributed by atoms with van der Waals surface area (Å²) in [6, 6.07) is 14.0. The first-order chi connectivity index (χ1) is 11.7. The van der Waals surface area contributed by atoms with Gasteiger partial charge < -0.3 is 15.2 Å². The van der Waals surface area contributed by atoms with E-state index in [9.17, 15) is 0 Å². The third-order valence-electron chi connectivity index (χ3n) is 4.10. The maximum Gasteiger partial charge on any atom is 0.161 e. The SMILES string of the molecule is CCCCOc1ccc(CC(CN)c2ccccc2Cl)cc1OC. The van der Waals surface area contributed by atoms with E-state index in [1.807, 2.05) is 36.4 Å². The van der Waals surface area contributed by atoms with Gasteiger partial charge in [0.1, 0.15) is 0 Å². The van der Waals surface area contributed by atoms with Crippen molar-refractivity contribution in [3.8, 4) is 11.5 Å². The van der Waals surface area contributed by atoms with Gasteiger partial charge in [-0.05, 0) is 48.7 Å². The zero-order chi connectivity index (χ0) is 17.4. The van der Waals surface area contributed by atoms with Crippen LogP contribution in [0.5, 0.6) is 11.5 Å². The lowest BCUT2D eigenvalue weighted by molar-refractivity contribution is 0.288. The molecular formula is C20H26ClNO2. The fraction of sp³-hybridized carbons (Fsp3) is 0.400. The van der Waals surface area contributed by atoms with Gasteiger partial charge in [0.15, 0.2) is 11.5 Å². The van der Waals surface area contributed by atoms with E-state index in [1.54, 1.807) is 7.11 Å². The van der Waals surface area contributed by atoms with Crippen LogP contribution in [0, 0.1) is 0 Å². The minimum absolute atomic E-state index is 0.176. The average molecular weight is 348 g/mol. The molecule has 0 saturated carbocycles. The maximum atomic E-state index is 6.32. The number of hydrogen-bond acceptors (Lipinski definition) is 3. The first kappa shape index (κ1) is 18.6. The lowest BCUT2D eigenvalue weighted by atomic mass is 9.92. The third kappa shape index (κ3) is 4.89. The molecule has 4 heteroatoms. The first-order valence-corrected chi connectivity index (χ1v) is 8.81. The molecule has 0 fully saturated rings. The number of halogens is 1. The van der Waals surface area contributed by atoms with E-state index in [0.717, 1.165) is 46.9 Å². The molecule has 2 aromatic carbocycles. The van der Waals surface area contributed by atoms with Gasteiger partial charge in [0.05, 0.1) is 13.7 Å². The molecule has 1 atom stereocenters. The van der Waals surface area contributed by atoms with Gasteiger partial charge >= 0.3 is 0 Å². The maximum absolute atomic E-state index is 6.32. The lowest BCUT2D eigenvalue weighted by Crippen LogP contribution is -2.15. The van der Waals surface area contributed by atoms with Crippen LogP contribution in [0.1, 0.15) is 36.8 Å². The van der Waals surface area contributed by atoms with Crippen molar-refractivity contribution in [2.45, 2.75) is 32.1 Å². The van der Waals surface area contributed by atoms with E-state index in [2.05, 4.69) is 13.0 Å². The monoisotopic (exact) mass is 347 g/mol. The largest absolute Gasteiger partial charge is 0.493 e. The van der Waals surface area contributed by atoms with Gasteiger partial charge in [-0.15, -0.1) is 0 Å². The van der Waals surface area contributed by atoms with Crippen LogP contribution >= 0.6 is 11.6 Å². The fourth-order valence-electron chi connectivity index (χ4n) is 2.70. The molecule has 0 aliphatic heterocycles. The van der Waals surface area contributed by atoms with Crippen LogP contribution in [0.15, 0.2) is 42.5 Å². The van der Waals surface area contributed by atoms with Crippen molar-refractivity contribution in [2.75, 3.05) is 20.3 Å². The van der Waals surface area contributed by atoms with Crippen molar-refractivity contribution in [3.63, 3.8) is 0 Å². The Bertz CT molecular complexity index is 645. The normalized spacial score (nSPS) is 12.0. The predicted octanol–water partition coefficient (Wildman–Crippen LogP) is 4.81. The first-order valence-electron chi connectivity index (χ1n) is 8.43. The zero-order valence-electron chi connectivity index (χ0n) is 14.4. The van der Waals surface area contributed by atoms with E-state index in [0.29, 0.717) is 13.2 Å². The van der Waals surface area contributed by atoms with E-state index < -0.39 is 0 Å². The van der Waals surface area contributed by atoms with Gasteiger partial charge in [-0.1, -0.05) is 49.2 Å². The van der Waals surface area contributed by atoms with Crippen LogP contribution < -0.4 is 15.2 Å². The topological polar surface area (TPSA) is 44.5 Å². The van der Waals surface area contributed by atoms with Crippen molar-refractivity contribution < 1.29 is 9.47 Å². The summed E-state index contributed by atoms with van der Waals surface area (Å²) >= 11 is 6.32. The highest BCUT2D eigenvalue weighted by Gasteiger charge is 2.15. The number of hydrogen-bond donors (Lipinski definition) is 1. The van der Waals surface area contributed by atoms with Crippen LogP contribution in [-0.2, 0) is 6.42 Å². The minimum atomic E-state index is 0.176. The molecule has 1 unspecified atom stereocenters. The predicted molar refractivity (Wildman–Crippen MR) is 100 cm³/mol. The van der Waals surface area contributed by atoms with Gasteiger partial charge in [-0.25, -0.2) is 0 Å². The summed E-state index contributed by atoms with van der Waals surface area (Å²) < 4.78 is 11.3. The molecule has 0 saturated heterocycles. The van der Waals surface area contributed by atoms with E-state index in [1.165, 1.54) is 0 Å². The molecule has 0 bridgehead atoms. The average Bonchev–Trinajstić information content (AvgIpc) is 2.61. The van der Waals surface area contributed by atoms with Crippen LogP contribution in [0.2, 0.25) is 5.02 Å². The summed E-state index contributed by atoms with van der Waals surface area (Å²) in [7, 11) is 1.67. The number of unbranched alkanes of at least 4 members (excludes halogenated alkanes) is 1. The Hall–Kier alpha value is -1.71. The van der Waals surface area contributed by atoms with E-state index >= 15 is 0 Å². The molecule has 0 aromatic heterocycles. The van der Waals surface area contributed by atoms with Crippen molar-refractivity contribution in [3.05, 3.63) is 58.6 Å². The van der Waals surface area contributed by atoms with Crippen LogP contribution in [0.3, 0.4) is 0 Å². The Balaban J connectivity index is 2.15. The molecule has 0 aliphatic rings. The van der Waals surface area contributed by atoms with Gasteiger partial charge in [-0.3, -0.25) is 0 Å². The van der Waals surface area contributed by atoms with Crippen molar-refractivity contribution in [1.82, 2.24) is 0 Å². The molecule has 130 valence electrons. The molecule has 3 nitrogen and oxygen atoms in total. The summed E-state index contributed by atoms with van der Waals surface area (Å²) in [6.45, 7) is 3.39. The Morgan fingerprint density at radius 3 is 2.58 bits per heavy atom. The van der Waals surface area contributed by atoms with Gasteiger partial charge in [0.2, 0.25) is 0 Å². The molecule has 0 heterocycles. The van der Waals surface area contributed by atoms with E-state index in [4.69, 9.17) is 26.8 Å². The summed E-state index contributed by atoms with van der Waals surface area (Å²) in [5, 5.41) is 0.763. The minimum Gasteiger partial charge on any atom is -0.493 e. The molecular weight excluding hydrogens is 322 g/mol. The lowest BCUT2D eigenvalue weighted by Gasteiger charge is -2.18. The van der Waals surface area contributed by atoms with Gasteiger partial charge in [0, 0.05) is 10.9 Å². The van der Waals surface area contributed by atoms with Crippen LogP contribution in [0.4, 0.5) is 0 Å². The molecule has 0 amide bonds. The molecule has 2 aromatic rings. The zero-order valence-corrected chi connectivity index (χ0v) is 15.2. The second kappa shape index (κ2) is 9.55. The van der Waals surface area contributed by atoms with Crippen molar-refractivity contribution in [1.29, 1.82) is 0 Å². The number of rotatable bonds is 9. The Kier molecular flexibility index (Phi) is 7.41. The number of ether oxygens (including phenoxy) is 2. The Morgan fingerprint density at radius 1 is 1.12 bits per heavy atom. The third-order valence-corrected chi connectivity index (χ3v) is 4.44. The smallest absolute Gasteiger partial charge is 0.161 e. The van der Waals surface area contributed by atoms with Gasteiger partial charge in [0.25, 0.3) is 0 Å². The quantitative estimate of drug-likeness (QED) is 0.662. The summed E-state index contributed by atoms with van der Waals surface area (Å²) in [4.78, 5) is 0. The summed E-state index contributed by atoms with van der Waals surface area (Å²) in [6.07, 6.45) is 2.95. The Labute approximate surface area is 149 Å². The van der Waals surface area contributed by atoms with Crippen LogP contribution in [-0.4, -0.2) is 20.3 Å². The number of nitrogens with two attached hydrogens (primary N) is 1. The van der Waals surface area contributed by atoms with Gasteiger partial charge in [-0.2, -0.15) is 0 Å². The summed E-state index contributed by atoms with van der Waals surface area (Å²) in [5.74, 6) is 1.73. The Morgan fingerprint density at radius 2 is 1.92 bits per heavy atom. The molecule has 0 spiro atoms. The number of benzene rings is 2. The molecule has 2 rings (SSSR count).